The largest absolute Gasteiger partial charge is 0.351 e. The van der Waals surface area contributed by atoms with Crippen molar-refractivity contribution in [2.24, 2.45) is 28.2 Å². The number of rotatable bonds is 5. The normalized spacial score (nSPS) is 29.0. The first kappa shape index (κ1) is 23.6. The average Bonchev–Trinajstić information content (AvgIpc) is 3.17. The third-order valence-corrected chi connectivity index (χ3v) is 7.38. The van der Waals surface area contributed by atoms with Crippen molar-refractivity contribution < 1.29 is 13.6 Å². The van der Waals surface area contributed by atoms with Crippen LogP contribution in [0.5, 0.6) is 0 Å². The van der Waals surface area contributed by atoms with Gasteiger partial charge in [-0.1, -0.05) is 6.08 Å². The van der Waals surface area contributed by atoms with E-state index in [2.05, 4.69) is 17.0 Å². The Balaban J connectivity index is 1.77. The number of halogens is 2. The molecule has 3 rings (SSSR count). The number of allylic oxidation sites excluding steroid dienone is 2. The molecule has 0 bridgehead atoms. The Morgan fingerprint density at radius 1 is 1.19 bits per heavy atom. The van der Waals surface area contributed by atoms with E-state index in [1.54, 1.807) is 19.9 Å². The van der Waals surface area contributed by atoms with Gasteiger partial charge in [0.05, 0.1) is 11.1 Å². The zero-order valence-corrected chi connectivity index (χ0v) is 19.7. The summed E-state index contributed by atoms with van der Waals surface area (Å²) >= 11 is 0. The van der Waals surface area contributed by atoms with Crippen LogP contribution in [0, 0.1) is 29.0 Å². The number of amides is 1. The fraction of sp³-hybridized carbons (Fsp3) is 0.615. The lowest BCUT2D eigenvalue weighted by molar-refractivity contribution is -0.140. The lowest BCUT2D eigenvalue weighted by Crippen LogP contribution is -2.54. The third-order valence-electron chi connectivity index (χ3n) is 7.38. The Morgan fingerprint density at radius 3 is 2.26 bits per heavy atom. The van der Waals surface area contributed by atoms with Crippen LogP contribution in [0.3, 0.4) is 0 Å². The SMILES string of the molecule is C=Nc1ccc(F)cc1/C(=C\C)C1C[C@@H]2CC(F)(C(C)(C)C(=O)NC(C)(C)C)C[C@@H]2C1. The summed E-state index contributed by atoms with van der Waals surface area (Å²) in [6.45, 7) is 14.8. The first-order valence-electron chi connectivity index (χ1n) is 11.3. The van der Waals surface area contributed by atoms with Gasteiger partial charge in [0.2, 0.25) is 5.91 Å². The number of carbonyl (C=O) groups is 1. The summed E-state index contributed by atoms with van der Waals surface area (Å²) in [6.07, 6.45) is 4.51. The predicted molar refractivity (Wildman–Crippen MR) is 124 cm³/mol. The summed E-state index contributed by atoms with van der Waals surface area (Å²) in [6, 6.07) is 4.57. The maximum Gasteiger partial charge on any atom is 0.229 e. The molecule has 1 aromatic carbocycles. The molecule has 1 N–H and O–H groups in total. The average molecular weight is 431 g/mol. The van der Waals surface area contributed by atoms with E-state index in [4.69, 9.17) is 0 Å². The van der Waals surface area contributed by atoms with Gasteiger partial charge in [-0.3, -0.25) is 9.79 Å². The smallest absolute Gasteiger partial charge is 0.229 e. The Labute approximate surface area is 185 Å². The summed E-state index contributed by atoms with van der Waals surface area (Å²) < 4.78 is 30.1. The minimum Gasteiger partial charge on any atom is -0.351 e. The van der Waals surface area contributed by atoms with Gasteiger partial charge in [-0.15, -0.1) is 0 Å². The molecule has 3 nitrogen and oxygen atoms in total. The van der Waals surface area contributed by atoms with E-state index in [9.17, 15) is 9.18 Å². The molecule has 0 aliphatic heterocycles. The number of nitrogens with one attached hydrogen (secondary N) is 1. The van der Waals surface area contributed by atoms with E-state index in [-0.39, 0.29) is 29.5 Å². The summed E-state index contributed by atoms with van der Waals surface area (Å²) in [5, 5.41) is 2.96. The van der Waals surface area contributed by atoms with Crippen LogP contribution in [-0.2, 0) is 4.79 Å². The number of nitrogens with zero attached hydrogens (tertiary/aromatic N) is 1. The van der Waals surface area contributed by atoms with Crippen LogP contribution < -0.4 is 5.32 Å². The lowest BCUT2D eigenvalue weighted by atomic mass is 9.72. The molecule has 2 aliphatic carbocycles. The van der Waals surface area contributed by atoms with Gasteiger partial charge in [-0.2, -0.15) is 0 Å². The summed E-state index contributed by atoms with van der Waals surface area (Å²) in [5.41, 5.74) is -0.500. The fourth-order valence-corrected chi connectivity index (χ4v) is 5.58. The molecule has 0 aromatic heterocycles. The van der Waals surface area contributed by atoms with Crippen LogP contribution in [0.1, 0.15) is 72.8 Å². The molecule has 2 fully saturated rings. The second kappa shape index (κ2) is 8.14. The minimum absolute atomic E-state index is 0.223. The summed E-state index contributed by atoms with van der Waals surface area (Å²) in [4.78, 5) is 17.0. The van der Waals surface area contributed by atoms with E-state index in [1.165, 1.54) is 12.1 Å². The highest BCUT2D eigenvalue weighted by Gasteiger charge is 2.59. The predicted octanol–water partition coefficient (Wildman–Crippen LogP) is 6.65. The molecule has 31 heavy (non-hydrogen) atoms. The van der Waals surface area contributed by atoms with Crippen LogP contribution in [0.25, 0.3) is 5.57 Å². The third kappa shape index (κ3) is 4.47. The zero-order valence-electron chi connectivity index (χ0n) is 19.7. The monoisotopic (exact) mass is 430 g/mol. The van der Waals surface area contributed by atoms with Gasteiger partial charge in [0.15, 0.2) is 0 Å². The van der Waals surface area contributed by atoms with Crippen molar-refractivity contribution in [2.45, 2.75) is 78.4 Å². The van der Waals surface area contributed by atoms with Crippen molar-refractivity contribution in [2.75, 3.05) is 0 Å². The first-order chi connectivity index (χ1) is 14.3. The number of hydrogen-bond acceptors (Lipinski definition) is 2. The highest BCUT2D eigenvalue weighted by Crippen LogP contribution is 2.60. The van der Waals surface area contributed by atoms with E-state index >= 15 is 4.39 Å². The van der Waals surface area contributed by atoms with Crippen molar-refractivity contribution in [3.63, 3.8) is 0 Å². The topological polar surface area (TPSA) is 41.5 Å². The molecule has 5 heteroatoms. The maximum absolute atomic E-state index is 16.2. The van der Waals surface area contributed by atoms with Crippen LogP contribution in [0.15, 0.2) is 29.3 Å². The minimum atomic E-state index is -1.52. The van der Waals surface area contributed by atoms with Crippen molar-refractivity contribution in [1.82, 2.24) is 5.32 Å². The number of carbonyl (C=O) groups excluding carboxylic acids is 1. The first-order valence-corrected chi connectivity index (χ1v) is 11.3. The number of alkyl halides is 1. The number of aliphatic imine (C=N–C) groups is 1. The molecule has 2 saturated carbocycles. The van der Waals surface area contributed by atoms with Gasteiger partial charge in [0.25, 0.3) is 0 Å². The number of benzene rings is 1. The zero-order chi connectivity index (χ0) is 23.2. The molecule has 0 heterocycles. The molecule has 2 aliphatic rings. The molecular formula is C26H36F2N2O. The number of hydrogen-bond donors (Lipinski definition) is 1. The quantitative estimate of drug-likeness (QED) is 0.522. The molecule has 170 valence electrons. The summed E-state index contributed by atoms with van der Waals surface area (Å²) in [5.74, 6) is 0.156. The van der Waals surface area contributed by atoms with Gasteiger partial charge < -0.3 is 5.32 Å². The Kier molecular flexibility index (Phi) is 6.20. The van der Waals surface area contributed by atoms with E-state index in [0.717, 1.165) is 24.0 Å². The molecule has 1 aromatic rings. The Morgan fingerprint density at radius 2 is 1.77 bits per heavy atom. The van der Waals surface area contributed by atoms with Crippen LogP contribution >= 0.6 is 0 Å². The van der Waals surface area contributed by atoms with E-state index in [0.29, 0.717) is 18.5 Å². The van der Waals surface area contributed by atoms with Crippen molar-refractivity contribution in [1.29, 1.82) is 0 Å². The van der Waals surface area contributed by atoms with Gasteiger partial charge in [0.1, 0.15) is 11.5 Å². The van der Waals surface area contributed by atoms with Crippen molar-refractivity contribution >= 4 is 23.9 Å². The van der Waals surface area contributed by atoms with Gasteiger partial charge in [-0.05, 0) is 115 Å². The standard InChI is InChI=1S/C26H36F2N2O/c1-8-20(21-13-19(27)9-10-22(21)29-7)16-11-17-14-26(28,15-18(17)12-16)25(5,6)23(31)30-24(2,3)4/h8-10,13,16-18H,7,11-12,14-15H2,1-6H3,(H,30,31)/b20-8-/t16?,17-,18+,26?. The lowest BCUT2D eigenvalue weighted by Gasteiger charge is -2.39. The second-order valence-electron chi connectivity index (χ2n) is 11.0. The van der Waals surface area contributed by atoms with Crippen LogP contribution in [-0.4, -0.2) is 23.8 Å². The van der Waals surface area contributed by atoms with Crippen molar-refractivity contribution in [3.05, 3.63) is 35.7 Å². The van der Waals surface area contributed by atoms with Gasteiger partial charge >= 0.3 is 0 Å². The highest BCUT2D eigenvalue weighted by atomic mass is 19.1. The maximum atomic E-state index is 16.2. The van der Waals surface area contributed by atoms with E-state index < -0.39 is 16.6 Å². The Bertz CT molecular complexity index is 883. The molecule has 0 saturated heterocycles. The number of fused-ring (bicyclic) bond motifs is 1. The van der Waals surface area contributed by atoms with Gasteiger partial charge in [-0.25, -0.2) is 8.78 Å². The second-order valence-corrected chi connectivity index (χ2v) is 11.0. The Hall–Kier alpha value is -2.04. The van der Waals surface area contributed by atoms with Gasteiger partial charge in [0, 0.05) is 11.1 Å². The fourth-order valence-electron chi connectivity index (χ4n) is 5.58. The molecule has 2 unspecified atom stereocenters. The molecular weight excluding hydrogens is 394 g/mol. The summed E-state index contributed by atoms with van der Waals surface area (Å²) in [7, 11) is 0. The van der Waals surface area contributed by atoms with Crippen molar-refractivity contribution in [3.8, 4) is 0 Å². The molecule has 0 spiro atoms. The van der Waals surface area contributed by atoms with Crippen LogP contribution in [0.4, 0.5) is 14.5 Å². The highest BCUT2D eigenvalue weighted by molar-refractivity contribution is 5.84. The molecule has 1 amide bonds. The molecule has 0 radical (unpaired) electrons. The van der Waals surface area contributed by atoms with Crippen LogP contribution in [0.2, 0.25) is 0 Å². The van der Waals surface area contributed by atoms with E-state index in [1.807, 2.05) is 33.8 Å². The molecule has 4 atom stereocenters.